The van der Waals surface area contributed by atoms with Gasteiger partial charge in [0.1, 0.15) is 17.4 Å². The molecule has 0 aliphatic carbocycles. The molecule has 4 heterocycles. The molecule has 0 unspecified atom stereocenters. The van der Waals surface area contributed by atoms with Crippen LogP contribution >= 0.6 is 0 Å². The van der Waals surface area contributed by atoms with Gasteiger partial charge in [-0.05, 0) is 44.6 Å². The van der Waals surface area contributed by atoms with Crippen LogP contribution in [0, 0.1) is 0 Å². The highest BCUT2D eigenvalue weighted by atomic mass is 16.2. The van der Waals surface area contributed by atoms with Crippen molar-refractivity contribution in [2.75, 3.05) is 46.3 Å². The molecule has 1 aromatic carbocycles. The quantitative estimate of drug-likeness (QED) is 0.148. The Kier molecular flexibility index (Phi) is 8.44. The molecule has 1 saturated heterocycles. The number of carbonyl (C=O) groups excluding carboxylic acids is 4. The van der Waals surface area contributed by atoms with Gasteiger partial charge < -0.3 is 25.4 Å². The first kappa shape index (κ1) is 27.6. The van der Waals surface area contributed by atoms with Gasteiger partial charge in [0.2, 0.25) is 0 Å². The number of hydrogen-bond acceptors (Lipinski definition) is 8. The number of carbonyl (C=O) groups is 4. The average molecular weight is 558 g/mol. The van der Waals surface area contributed by atoms with Crippen LogP contribution in [0.1, 0.15) is 44.0 Å². The number of aromatic amines is 1. The molecule has 3 N–H and O–H groups in total. The number of rotatable bonds is 10. The minimum absolute atomic E-state index is 0.103. The molecule has 0 spiro atoms. The van der Waals surface area contributed by atoms with Gasteiger partial charge in [0.25, 0.3) is 23.5 Å². The van der Waals surface area contributed by atoms with E-state index in [4.69, 9.17) is 0 Å². The molecule has 5 rings (SSSR count). The topological polar surface area (TPSA) is 158 Å². The molecule has 0 atom stereocenters. The molecule has 3 aromatic heterocycles. The summed E-state index contributed by atoms with van der Waals surface area (Å²) in [6, 6.07) is 10.5. The van der Waals surface area contributed by atoms with Gasteiger partial charge in [0, 0.05) is 50.7 Å². The lowest BCUT2D eigenvalue weighted by molar-refractivity contribution is -0.127. The number of nitrogens with one attached hydrogen (secondary N) is 3. The number of piperazine rings is 1. The fourth-order valence-corrected chi connectivity index (χ4v) is 4.69. The van der Waals surface area contributed by atoms with Gasteiger partial charge >= 0.3 is 0 Å². The van der Waals surface area contributed by atoms with Crippen LogP contribution < -0.4 is 10.6 Å². The van der Waals surface area contributed by atoms with E-state index in [1.807, 2.05) is 13.1 Å². The van der Waals surface area contributed by atoms with Gasteiger partial charge in [-0.25, -0.2) is 14.6 Å². The fraction of sp³-hybridized carbons (Fsp3) is 0.321. The third-order valence-electron chi connectivity index (χ3n) is 6.93. The van der Waals surface area contributed by atoms with Crippen molar-refractivity contribution in [1.82, 2.24) is 45.2 Å². The van der Waals surface area contributed by atoms with E-state index in [1.165, 1.54) is 22.1 Å². The molecule has 0 bridgehead atoms. The summed E-state index contributed by atoms with van der Waals surface area (Å²) in [5.41, 5.74) is 1.61. The van der Waals surface area contributed by atoms with E-state index in [0.29, 0.717) is 36.5 Å². The van der Waals surface area contributed by atoms with Crippen molar-refractivity contribution in [1.29, 1.82) is 0 Å². The predicted octanol–water partition coefficient (Wildman–Crippen LogP) is 1.04. The minimum Gasteiger partial charge on any atom is -0.356 e. The van der Waals surface area contributed by atoms with Gasteiger partial charge in [-0.3, -0.25) is 19.2 Å². The summed E-state index contributed by atoms with van der Waals surface area (Å²) in [6.07, 6.45) is 6.11. The summed E-state index contributed by atoms with van der Waals surface area (Å²) in [4.78, 5) is 66.2. The zero-order valence-corrected chi connectivity index (χ0v) is 22.7. The zero-order chi connectivity index (χ0) is 28.8. The molecule has 3 amide bonds. The van der Waals surface area contributed by atoms with E-state index in [2.05, 4.69) is 30.7 Å². The first-order valence-electron chi connectivity index (χ1n) is 13.5. The summed E-state index contributed by atoms with van der Waals surface area (Å²) in [5, 5.41) is 10.3. The maximum atomic E-state index is 13.2. The van der Waals surface area contributed by atoms with E-state index in [1.54, 1.807) is 41.4 Å². The molecule has 1 aliphatic rings. The first-order chi connectivity index (χ1) is 20.0. The Morgan fingerprint density at radius 1 is 0.927 bits per heavy atom. The summed E-state index contributed by atoms with van der Waals surface area (Å²) in [6.45, 7) is 2.58. The second-order valence-corrected chi connectivity index (χ2v) is 9.61. The summed E-state index contributed by atoms with van der Waals surface area (Å²) < 4.78 is 1.43. The lowest BCUT2D eigenvalue weighted by Gasteiger charge is -2.34. The number of hydrogen-bond donors (Lipinski definition) is 3. The molecular formula is C28H31N9O4. The average Bonchev–Trinajstić information content (AvgIpc) is 3.68. The third-order valence-corrected chi connectivity index (χ3v) is 6.93. The highest BCUT2D eigenvalue weighted by molar-refractivity contribution is 6.44. The largest absolute Gasteiger partial charge is 0.356 e. The Morgan fingerprint density at radius 2 is 1.66 bits per heavy atom. The fourth-order valence-electron chi connectivity index (χ4n) is 4.69. The third kappa shape index (κ3) is 5.99. The smallest absolute Gasteiger partial charge is 0.295 e. The van der Waals surface area contributed by atoms with Crippen LogP contribution in [0.2, 0.25) is 0 Å². The van der Waals surface area contributed by atoms with E-state index in [-0.39, 0.29) is 41.7 Å². The molecule has 41 heavy (non-hydrogen) atoms. The van der Waals surface area contributed by atoms with Gasteiger partial charge in [-0.1, -0.05) is 18.2 Å². The van der Waals surface area contributed by atoms with Crippen LogP contribution in [0.15, 0.2) is 55.1 Å². The number of Topliss-reactive ketones (excluding diaryl/α,β-unsaturated/α-hetero) is 1. The Morgan fingerprint density at radius 3 is 2.41 bits per heavy atom. The number of nitrogens with zero attached hydrogens (tertiary/aromatic N) is 6. The molecule has 0 radical (unpaired) electrons. The van der Waals surface area contributed by atoms with Gasteiger partial charge in [0.15, 0.2) is 11.5 Å². The minimum atomic E-state index is -0.706. The molecule has 1 aliphatic heterocycles. The molecule has 4 aromatic rings. The first-order valence-corrected chi connectivity index (χ1v) is 13.5. The van der Waals surface area contributed by atoms with Gasteiger partial charge in [-0.2, -0.15) is 5.10 Å². The van der Waals surface area contributed by atoms with E-state index in [9.17, 15) is 19.2 Å². The maximum absolute atomic E-state index is 13.2. The lowest BCUT2D eigenvalue weighted by Crippen LogP contribution is -2.52. The Balaban J connectivity index is 1.24. The van der Waals surface area contributed by atoms with E-state index < -0.39 is 11.7 Å². The second kappa shape index (κ2) is 12.5. The lowest BCUT2D eigenvalue weighted by atomic mass is 10.1. The second-order valence-electron chi connectivity index (χ2n) is 9.61. The van der Waals surface area contributed by atoms with Crippen molar-refractivity contribution in [2.45, 2.75) is 12.8 Å². The van der Waals surface area contributed by atoms with Gasteiger partial charge in [0.05, 0.1) is 5.56 Å². The van der Waals surface area contributed by atoms with Crippen LogP contribution in [0.5, 0.6) is 0 Å². The van der Waals surface area contributed by atoms with Crippen LogP contribution in [-0.2, 0) is 4.79 Å². The number of H-pyrrole nitrogens is 1. The normalized spacial score (nSPS) is 13.4. The van der Waals surface area contributed by atoms with Crippen molar-refractivity contribution in [3.05, 3.63) is 71.9 Å². The van der Waals surface area contributed by atoms with Crippen LogP contribution in [0.3, 0.4) is 0 Å². The number of ketones is 1. The van der Waals surface area contributed by atoms with Crippen LogP contribution in [0.4, 0.5) is 0 Å². The van der Waals surface area contributed by atoms with Gasteiger partial charge in [-0.15, -0.1) is 0 Å². The molecular weight excluding hydrogens is 526 g/mol. The number of benzene rings is 1. The molecule has 212 valence electrons. The number of unbranched alkanes of at least 4 members (excludes halogenated alkanes) is 1. The Bertz CT molecular complexity index is 1560. The van der Waals surface area contributed by atoms with Crippen molar-refractivity contribution in [2.24, 2.45) is 0 Å². The highest BCUT2D eigenvalue weighted by Gasteiger charge is 2.31. The van der Waals surface area contributed by atoms with E-state index >= 15 is 0 Å². The molecule has 13 nitrogen and oxygen atoms in total. The zero-order valence-electron chi connectivity index (χ0n) is 22.7. The highest BCUT2D eigenvalue weighted by Crippen LogP contribution is 2.22. The summed E-state index contributed by atoms with van der Waals surface area (Å²) in [5.74, 6) is -1.43. The standard InChI is InChI=1S/C28H31N9O4/c1-29-10-5-6-11-30-26(39)21-9-12-37(34-21)25-23-22(32-18-33-25)20(17-31-23)24(38)28(41)36-15-13-35(14-16-36)27(40)19-7-3-2-4-8-19/h2-4,7-9,12,17-18,29,31H,5-6,10-11,13-16H2,1H3,(H,30,39). The summed E-state index contributed by atoms with van der Waals surface area (Å²) >= 11 is 0. The van der Waals surface area contributed by atoms with Crippen LogP contribution in [0.25, 0.3) is 16.9 Å². The van der Waals surface area contributed by atoms with Crippen LogP contribution in [-0.4, -0.2) is 104 Å². The number of amides is 3. The number of aromatic nitrogens is 5. The Hall–Kier alpha value is -4.91. The molecule has 0 saturated carbocycles. The molecule has 1 fully saturated rings. The predicted molar refractivity (Wildman–Crippen MR) is 150 cm³/mol. The SMILES string of the molecule is CNCCCCNC(=O)c1ccn(-c2ncnc3c(C(=O)C(=O)N4CCN(C(=O)c5ccccc5)CC4)c[nH]c23)n1. The van der Waals surface area contributed by atoms with Crippen molar-refractivity contribution >= 4 is 34.5 Å². The monoisotopic (exact) mass is 557 g/mol. The van der Waals surface area contributed by atoms with Crippen molar-refractivity contribution in [3.63, 3.8) is 0 Å². The van der Waals surface area contributed by atoms with Crippen molar-refractivity contribution < 1.29 is 19.2 Å². The maximum Gasteiger partial charge on any atom is 0.295 e. The number of fused-ring (bicyclic) bond motifs is 1. The van der Waals surface area contributed by atoms with E-state index in [0.717, 1.165) is 19.4 Å². The summed E-state index contributed by atoms with van der Waals surface area (Å²) in [7, 11) is 1.88. The Labute approximate surface area is 235 Å². The molecule has 13 heteroatoms. The van der Waals surface area contributed by atoms with Crippen molar-refractivity contribution in [3.8, 4) is 5.82 Å².